The van der Waals surface area contributed by atoms with Gasteiger partial charge >= 0.3 is 5.97 Å². The van der Waals surface area contributed by atoms with Crippen LogP contribution in [0.15, 0.2) is 42.6 Å². The number of benzene rings is 1. The Hall–Kier alpha value is -2.93. The molecule has 1 aromatic carbocycles. The third-order valence-corrected chi connectivity index (χ3v) is 5.09. The molecule has 1 aliphatic carbocycles. The number of carboxylic acids is 1. The lowest BCUT2D eigenvalue weighted by Crippen LogP contribution is -2.19. The van der Waals surface area contributed by atoms with Crippen molar-refractivity contribution < 1.29 is 19.5 Å². The average molecular weight is 388 g/mol. The first-order valence-corrected chi connectivity index (χ1v) is 8.65. The molecule has 8 heteroatoms. The number of aromatic nitrogens is 1. The second-order valence-electron chi connectivity index (χ2n) is 6.97. The summed E-state index contributed by atoms with van der Waals surface area (Å²) in [5.74, 6) is -2.84. The van der Waals surface area contributed by atoms with Crippen LogP contribution in [-0.4, -0.2) is 27.9 Å². The minimum absolute atomic E-state index is 0.171. The Bertz CT molecular complexity index is 914. The molecular formula is C19H18ClN3O4. The van der Waals surface area contributed by atoms with Crippen molar-refractivity contribution in [2.75, 3.05) is 10.6 Å². The van der Waals surface area contributed by atoms with Gasteiger partial charge in [0.1, 0.15) is 5.82 Å². The van der Waals surface area contributed by atoms with Gasteiger partial charge in [0, 0.05) is 11.9 Å². The maximum absolute atomic E-state index is 12.4. The van der Waals surface area contributed by atoms with Gasteiger partial charge in [0.2, 0.25) is 5.91 Å². The van der Waals surface area contributed by atoms with E-state index in [1.54, 1.807) is 44.3 Å². The smallest absolute Gasteiger partial charge is 0.307 e. The lowest BCUT2D eigenvalue weighted by Gasteiger charge is -2.10. The zero-order valence-corrected chi connectivity index (χ0v) is 15.4. The molecule has 1 heterocycles. The van der Waals surface area contributed by atoms with Crippen LogP contribution in [0, 0.1) is 17.3 Å². The Labute approximate surface area is 160 Å². The van der Waals surface area contributed by atoms with Gasteiger partial charge in [0.15, 0.2) is 0 Å². The molecule has 3 N–H and O–H groups in total. The SMILES string of the molecule is CC1(C)[C@H](C(=O)O)[C@@H]1C(=O)Nc1ccc(Cl)c(C(=O)Nc2ccccn2)c1. The number of nitrogens with one attached hydrogen (secondary N) is 2. The first-order valence-electron chi connectivity index (χ1n) is 8.27. The number of pyridine rings is 1. The van der Waals surface area contributed by atoms with Gasteiger partial charge < -0.3 is 15.7 Å². The van der Waals surface area contributed by atoms with Gasteiger partial charge in [-0.15, -0.1) is 0 Å². The summed E-state index contributed by atoms with van der Waals surface area (Å²) < 4.78 is 0. The van der Waals surface area contributed by atoms with Crippen LogP contribution in [0.1, 0.15) is 24.2 Å². The molecule has 2 atom stereocenters. The first-order chi connectivity index (χ1) is 12.7. The highest BCUT2D eigenvalue weighted by Gasteiger charge is 2.65. The summed E-state index contributed by atoms with van der Waals surface area (Å²) >= 11 is 6.11. The van der Waals surface area contributed by atoms with Crippen molar-refractivity contribution in [3.8, 4) is 0 Å². The number of anilines is 2. The maximum Gasteiger partial charge on any atom is 0.307 e. The molecular weight excluding hydrogens is 370 g/mol. The topological polar surface area (TPSA) is 108 Å². The summed E-state index contributed by atoms with van der Waals surface area (Å²) in [7, 11) is 0. The number of amides is 2. The van der Waals surface area contributed by atoms with E-state index in [0.717, 1.165) is 0 Å². The second kappa shape index (κ2) is 7.00. The van der Waals surface area contributed by atoms with Gasteiger partial charge in [-0.1, -0.05) is 31.5 Å². The number of carboxylic acid groups (broad SMARTS) is 1. The van der Waals surface area contributed by atoms with Crippen molar-refractivity contribution in [2.24, 2.45) is 17.3 Å². The molecule has 0 unspecified atom stereocenters. The van der Waals surface area contributed by atoms with Crippen molar-refractivity contribution in [3.05, 3.63) is 53.2 Å². The zero-order chi connectivity index (χ0) is 19.8. The van der Waals surface area contributed by atoms with Crippen LogP contribution in [0.25, 0.3) is 0 Å². The Kier molecular flexibility index (Phi) is 4.89. The monoisotopic (exact) mass is 387 g/mol. The van der Waals surface area contributed by atoms with Crippen molar-refractivity contribution in [3.63, 3.8) is 0 Å². The standard InChI is InChI=1S/C19H18ClN3O4/c1-19(2)14(15(19)18(26)27)17(25)22-10-6-7-12(20)11(9-10)16(24)23-13-5-3-4-8-21-13/h3-9,14-15H,1-2H3,(H,22,25)(H,26,27)(H,21,23,24)/t14-,15+/m1/s1. The average Bonchev–Trinajstić information content (AvgIpc) is 3.20. The van der Waals surface area contributed by atoms with Crippen LogP contribution >= 0.6 is 11.6 Å². The van der Waals surface area contributed by atoms with E-state index < -0.39 is 35.0 Å². The predicted octanol–water partition coefficient (Wildman–Crippen LogP) is 3.28. The largest absolute Gasteiger partial charge is 0.481 e. The normalized spacial score (nSPS) is 19.8. The van der Waals surface area contributed by atoms with Crippen LogP contribution in [-0.2, 0) is 9.59 Å². The molecule has 0 saturated heterocycles. The summed E-state index contributed by atoms with van der Waals surface area (Å²) in [5.41, 5.74) is -0.0750. The molecule has 0 spiro atoms. The van der Waals surface area contributed by atoms with Gasteiger partial charge in [0.25, 0.3) is 5.91 Å². The van der Waals surface area contributed by atoms with E-state index in [4.69, 9.17) is 11.6 Å². The van der Waals surface area contributed by atoms with Crippen LogP contribution in [0.5, 0.6) is 0 Å². The highest BCUT2D eigenvalue weighted by molar-refractivity contribution is 6.34. The number of hydrogen-bond donors (Lipinski definition) is 3. The van der Waals surface area contributed by atoms with E-state index in [0.29, 0.717) is 11.5 Å². The first kappa shape index (κ1) is 18.8. The third-order valence-electron chi connectivity index (χ3n) is 4.76. The lowest BCUT2D eigenvalue weighted by molar-refractivity contribution is -0.140. The summed E-state index contributed by atoms with van der Waals surface area (Å²) in [4.78, 5) is 40.1. The summed E-state index contributed by atoms with van der Waals surface area (Å²) in [5, 5.41) is 14.7. The predicted molar refractivity (Wildman–Crippen MR) is 101 cm³/mol. The van der Waals surface area contributed by atoms with Gasteiger partial charge in [0.05, 0.1) is 22.4 Å². The highest BCUT2D eigenvalue weighted by atomic mass is 35.5. The van der Waals surface area contributed by atoms with E-state index in [9.17, 15) is 19.5 Å². The molecule has 2 amide bonds. The highest BCUT2D eigenvalue weighted by Crippen LogP contribution is 2.58. The van der Waals surface area contributed by atoms with E-state index in [-0.39, 0.29) is 10.6 Å². The molecule has 0 radical (unpaired) electrons. The molecule has 0 aliphatic heterocycles. The quantitative estimate of drug-likeness (QED) is 0.729. The summed E-state index contributed by atoms with van der Waals surface area (Å²) in [6.07, 6.45) is 1.55. The fraction of sp³-hybridized carbons (Fsp3) is 0.263. The molecule has 0 bridgehead atoms. The van der Waals surface area contributed by atoms with Gasteiger partial charge in [-0.25, -0.2) is 4.98 Å². The molecule has 2 aromatic rings. The Morgan fingerprint density at radius 1 is 1.11 bits per heavy atom. The molecule has 27 heavy (non-hydrogen) atoms. The molecule has 7 nitrogen and oxygen atoms in total. The van der Waals surface area contributed by atoms with Crippen LogP contribution in [0.2, 0.25) is 5.02 Å². The van der Waals surface area contributed by atoms with E-state index in [1.807, 2.05) is 0 Å². The number of hydrogen-bond acceptors (Lipinski definition) is 4. The van der Waals surface area contributed by atoms with E-state index in [1.165, 1.54) is 12.1 Å². The minimum Gasteiger partial charge on any atom is -0.481 e. The van der Waals surface area contributed by atoms with Crippen molar-refractivity contribution in [1.82, 2.24) is 4.98 Å². The Morgan fingerprint density at radius 2 is 1.85 bits per heavy atom. The van der Waals surface area contributed by atoms with Crippen molar-refractivity contribution in [1.29, 1.82) is 0 Å². The molecule has 140 valence electrons. The molecule has 1 aromatic heterocycles. The van der Waals surface area contributed by atoms with Crippen LogP contribution in [0.4, 0.5) is 11.5 Å². The molecule has 1 fully saturated rings. The van der Waals surface area contributed by atoms with Gasteiger partial charge in [-0.05, 0) is 35.7 Å². The maximum atomic E-state index is 12.4. The third kappa shape index (κ3) is 3.78. The molecule has 1 saturated carbocycles. The molecule has 3 rings (SSSR count). The van der Waals surface area contributed by atoms with Crippen molar-refractivity contribution in [2.45, 2.75) is 13.8 Å². The van der Waals surface area contributed by atoms with Gasteiger partial charge in [-0.2, -0.15) is 0 Å². The second-order valence-corrected chi connectivity index (χ2v) is 7.38. The zero-order valence-electron chi connectivity index (χ0n) is 14.7. The lowest BCUT2D eigenvalue weighted by atomic mass is 10.1. The number of carbonyl (C=O) groups is 3. The Morgan fingerprint density at radius 3 is 2.44 bits per heavy atom. The van der Waals surface area contributed by atoms with E-state index >= 15 is 0 Å². The number of aliphatic carboxylic acids is 1. The number of nitrogens with zero attached hydrogens (tertiary/aromatic N) is 1. The van der Waals surface area contributed by atoms with Crippen molar-refractivity contribution >= 4 is 40.9 Å². The van der Waals surface area contributed by atoms with Crippen LogP contribution in [0.3, 0.4) is 0 Å². The fourth-order valence-electron chi connectivity index (χ4n) is 3.21. The van der Waals surface area contributed by atoms with Gasteiger partial charge in [-0.3, -0.25) is 14.4 Å². The van der Waals surface area contributed by atoms with E-state index in [2.05, 4.69) is 15.6 Å². The number of carbonyl (C=O) groups excluding carboxylic acids is 2. The minimum atomic E-state index is -0.994. The number of halogens is 1. The number of rotatable bonds is 5. The van der Waals surface area contributed by atoms with Crippen LogP contribution < -0.4 is 10.6 Å². The fourth-order valence-corrected chi connectivity index (χ4v) is 3.41. The summed E-state index contributed by atoms with van der Waals surface area (Å²) in [6.45, 7) is 3.48. The Balaban J connectivity index is 1.75. The molecule has 1 aliphatic rings. The summed E-state index contributed by atoms with van der Waals surface area (Å²) in [6, 6.07) is 9.60.